The number of ether oxygens (including phenoxy) is 2. The summed E-state index contributed by atoms with van der Waals surface area (Å²) in [7, 11) is -2.51. The number of hydrogen-bond donors (Lipinski definition) is 0. The van der Waals surface area contributed by atoms with E-state index in [9.17, 15) is 0 Å². The third-order valence-corrected chi connectivity index (χ3v) is 5.35. The van der Waals surface area contributed by atoms with E-state index in [1.165, 1.54) is 0 Å². The fraction of sp³-hybridized carbons (Fsp3) is 1.00. The van der Waals surface area contributed by atoms with Crippen molar-refractivity contribution in [2.75, 3.05) is 39.6 Å². The number of hydrogen-bond acceptors (Lipinski definition) is 5. The second-order valence-electron chi connectivity index (χ2n) is 3.76. The van der Waals surface area contributed by atoms with E-state index < -0.39 is 8.80 Å². The molecule has 0 aliphatic carbocycles. The molecule has 1 aliphatic heterocycles. The van der Waals surface area contributed by atoms with Crippen molar-refractivity contribution in [1.82, 2.24) is 0 Å². The molecular formula is C11H24O5Si. The van der Waals surface area contributed by atoms with Gasteiger partial charge in [-0.3, -0.25) is 0 Å². The fourth-order valence-corrected chi connectivity index (χ4v) is 3.97. The summed E-state index contributed by atoms with van der Waals surface area (Å²) in [6.07, 6.45) is 0.303. The largest absolute Gasteiger partial charge is 0.503 e. The van der Waals surface area contributed by atoms with Gasteiger partial charge in [-0.15, -0.1) is 0 Å². The zero-order valence-corrected chi connectivity index (χ0v) is 12.1. The molecule has 6 heteroatoms. The molecule has 0 amide bonds. The molecule has 0 bridgehead atoms. The quantitative estimate of drug-likeness (QED) is 0.321. The van der Waals surface area contributed by atoms with Gasteiger partial charge >= 0.3 is 8.80 Å². The van der Waals surface area contributed by atoms with Crippen LogP contribution in [0.2, 0.25) is 6.04 Å². The van der Waals surface area contributed by atoms with Crippen LogP contribution in [0.4, 0.5) is 0 Å². The van der Waals surface area contributed by atoms with Gasteiger partial charge in [-0.2, -0.15) is 0 Å². The lowest BCUT2D eigenvalue weighted by molar-refractivity contribution is 0.0556. The first-order chi connectivity index (χ1) is 8.26. The van der Waals surface area contributed by atoms with Crippen molar-refractivity contribution in [1.29, 1.82) is 0 Å². The highest BCUT2D eigenvalue weighted by Gasteiger charge is 2.40. The van der Waals surface area contributed by atoms with Crippen molar-refractivity contribution < 1.29 is 22.8 Å². The molecule has 0 spiro atoms. The van der Waals surface area contributed by atoms with Gasteiger partial charge in [-0.1, -0.05) is 0 Å². The van der Waals surface area contributed by atoms with E-state index >= 15 is 0 Å². The fourth-order valence-electron chi connectivity index (χ4n) is 1.58. The van der Waals surface area contributed by atoms with E-state index in [4.69, 9.17) is 22.8 Å². The van der Waals surface area contributed by atoms with E-state index in [0.717, 1.165) is 6.61 Å². The average Bonchev–Trinajstić information content (AvgIpc) is 3.09. The Bertz CT molecular complexity index is 181. The number of epoxide rings is 1. The number of rotatable bonds is 11. The molecule has 0 aromatic heterocycles. The minimum Gasteiger partial charge on any atom is -0.379 e. The highest BCUT2D eigenvalue weighted by molar-refractivity contribution is 6.60. The van der Waals surface area contributed by atoms with Crippen LogP contribution in [0.5, 0.6) is 0 Å². The summed E-state index contributed by atoms with van der Waals surface area (Å²) in [6, 6.07) is 0.704. The summed E-state index contributed by atoms with van der Waals surface area (Å²) < 4.78 is 27.7. The molecule has 0 radical (unpaired) electrons. The zero-order chi connectivity index (χ0) is 12.6. The van der Waals surface area contributed by atoms with Crippen LogP contribution in [0.25, 0.3) is 0 Å². The van der Waals surface area contributed by atoms with Gasteiger partial charge < -0.3 is 22.8 Å². The van der Waals surface area contributed by atoms with E-state index in [1.54, 1.807) is 0 Å². The second kappa shape index (κ2) is 8.18. The first-order valence-corrected chi connectivity index (χ1v) is 8.30. The third-order valence-electron chi connectivity index (χ3n) is 2.35. The maximum absolute atomic E-state index is 5.72. The molecule has 1 rings (SSSR count). The van der Waals surface area contributed by atoms with E-state index in [0.29, 0.717) is 45.2 Å². The minimum atomic E-state index is -2.51. The summed E-state index contributed by atoms with van der Waals surface area (Å²) in [4.78, 5) is 0. The highest BCUT2D eigenvalue weighted by atomic mass is 28.4. The predicted octanol–water partition coefficient (Wildman–Crippen LogP) is 1.45. The molecule has 1 heterocycles. The Labute approximate surface area is 105 Å². The van der Waals surface area contributed by atoms with E-state index in [1.807, 2.05) is 20.8 Å². The Morgan fingerprint density at radius 2 is 1.59 bits per heavy atom. The Morgan fingerprint density at radius 1 is 1.06 bits per heavy atom. The van der Waals surface area contributed by atoms with Crippen LogP contribution < -0.4 is 0 Å². The van der Waals surface area contributed by atoms with Crippen molar-refractivity contribution in [3.05, 3.63) is 0 Å². The summed E-state index contributed by atoms with van der Waals surface area (Å²) in [6.45, 7) is 9.79. The molecule has 0 aromatic rings. The van der Waals surface area contributed by atoms with Crippen LogP contribution >= 0.6 is 0 Å². The SMILES string of the molecule is CCO[Si](CCOC[C@H]1CO1)(OCC)OCC. The standard InChI is InChI=1S/C11H24O5Si/c1-4-14-17(15-5-2,16-6-3)8-7-12-9-11-10-13-11/h11H,4-10H2,1-3H3/t11-/m0/s1. The Morgan fingerprint density at radius 3 is 2.00 bits per heavy atom. The Kier molecular flexibility index (Phi) is 7.25. The molecule has 5 nitrogen and oxygen atoms in total. The minimum absolute atomic E-state index is 0.303. The lowest BCUT2D eigenvalue weighted by atomic mass is 10.5. The molecule has 0 aromatic carbocycles. The van der Waals surface area contributed by atoms with Crippen molar-refractivity contribution >= 4 is 8.80 Å². The summed E-state index contributed by atoms with van der Waals surface area (Å²) in [5.74, 6) is 0. The van der Waals surface area contributed by atoms with Gasteiger partial charge in [0.1, 0.15) is 6.10 Å². The Balaban J connectivity index is 2.29. The van der Waals surface area contributed by atoms with Crippen LogP contribution in [0.1, 0.15) is 20.8 Å². The molecule has 0 unspecified atom stereocenters. The zero-order valence-electron chi connectivity index (χ0n) is 11.1. The molecule has 1 atom stereocenters. The van der Waals surface area contributed by atoms with Crippen LogP contribution in [0, 0.1) is 0 Å². The van der Waals surface area contributed by atoms with E-state index in [2.05, 4.69) is 0 Å². The van der Waals surface area contributed by atoms with Crippen LogP contribution in [-0.4, -0.2) is 54.5 Å². The Hall–Kier alpha value is 0.0169. The normalized spacial score (nSPS) is 19.6. The first-order valence-electron chi connectivity index (χ1n) is 6.37. The van der Waals surface area contributed by atoms with Gasteiger partial charge in [0.05, 0.1) is 19.8 Å². The predicted molar refractivity (Wildman–Crippen MR) is 66.0 cm³/mol. The van der Waals surface area contributed by atoms with Gasteiger partial charge in [0, 0.05) is 25.9 Å². The van der Waals surface area contributed by atoms with Crippen molar-refractivity contribution in [3.8, 4) is 0 Å². The lowest BCUT2D eigenvalue weighted by Crippen LogP contribution is -2.46. The molecule has 17 heavy (non-hydrogen) atoms. The van der Waals surface area contributed by atoms with Crippen molar-refractivity contribution in [3.63, 3.8) is 0 Å². The summed E-state index contributed by atoms with van der Waals surface area (Å²) >= 11 is 0. The second-order valence-corrected chi connectivity index (χ2v) is 6.49. The molecule has 1 aliphatic rings. The topological polar surface area (TPSA) is 49.5 Å². The molecular weight excluding hydrogens is 240 g/mol. The first kappa shape index (κ1) is 15.1. The highest BCUT2D eigenvalue weighted by Crippen LogP contribution is 2.17. The van der Waals surface area contributed by atoms with E-state index in [-0.39, 0.29) is 0 Å². The monoisotopic (exact) mass is 264 g/mol. The summed E-state index contributed by atoms with van der Waals surface area (Å²) in [5, 5.41) is 0. The van der Waals surface area contributed by atoms with Crippen LogP contribution in [0.3, 0.4) is 0 Å². The van der Waals surface area contributed by atoms with Gasteiger partial charge in [-0.05, 0) is 20.8 Å². The van der Waals surface area contributed by atoms with Crippen molar-refractivity contribution in [2.45, 2.75) is 32.9 Å². The molecule has 0 saturated carbocycles. The van der Waals surface area contributed by atoms with Gasteiger partial charge in [0.25, 0.3) is 0 Å². The van der Waals surface area contributed by atoms with Crippen LogP contribution in [-0.2, 0) is 22.8 Å². The third kappa shape index (κ3) is 5.94. The molecule has 1 saturated heterocycles. The molecule has 1 fully saturated rings. The smallest absolute Gasteiger partial charge is 0.379 e. The lowest BCUT2D eigenvalue weighted by Gasteiger charge is -2.28. The average molecular weight is 264 g/mol. The van der Waals surface area contributed by atoms with Gasteiger partial charge in [0.2, 0.25) is 0 Å². The molecule has 0 N–H and O–H groups in total. The maximum atomic E-state index is 5.72. The maximum Gasteiger partial charge on any atom is 0.503 e. The van der Waals surface area contributed by atoms with Crippen LogP contribution in [0.15, 0.2) is 0 Å². The summed E-state index contributed by atoms with van der Waals surface area (Å²) in [5.41, 5.74) is 0. The van der Waals surface area contributed by atoms with Crippen molar-refractivity contribution in [2.24, 2.45) is 0 Å². The van der Waals surface area contributed by atoms with Gasteiger partial charge in [-0.25, -0.2) is 0 Å². The molecule has 102 valence electrons. The van der Waals surface area contributed by atoms with Gasteiger partial charge in [0.15, 0.2) is 0 Å².